The number of ether oxygens (including phenoxy) is 1. The SMILES string of the molecule is CN/C=C(\N)C1C[C@H]1/C(Nc1cccc(CN2Cc3ccccc3CC(C)(C)C2)c1)=C(/C=N)C(=O)OC. The minimum Gasteiger partial charge on any atom is -0.465 e. The maximum atomic E-state index is 12.5. The molecule has 5 N–H and O–H groups in total. The molecule has 1 unspecified atom stereocenters. The number of benzene rings is 2. The lowest BCUT2D eigenvalue weighted by Crippen LogP contribution is -2.32. The van der Waals surface area contributed by atoms with Gasteiger partial charge in [0, 0.05) is 68.0 Å². The van der Waals surface area contributed by atoms with Gasteiger partial charge in [-0.2, -0.15) is 0 Å². The van der Waals surface area contributed by atoms with Crippen LogP contribution in [0, 0.1) is 22.7 Å². The Morgan fingerprint density at radius 1 is 1.19 bits per heavy atom. The Morgan fingerprint density at radius 3 is 2.65 bits per heavy atom. The van der Waals surface area contributed by atoms with E-state index in [1.807, 2.05) is 19.2 Å². The van der Waals surface area contributed by atoms with Crippen molar-refractivity contribution in [3.8, 4) is 0 Å². The van der Waals surface area contributed by atoms with Gasteiger partial charge >= 0.3 is 5.97 Å². The van der Waals surface area contributed by atoms with Crippen LogP contribution in [0.15, 0.2) is 71.7 Å². The molecule has 1 aliphatic carbocycles. The zero-order valence-electron chi connectivity index (χ0n) is 22.3. The van der Waals surface area contributed by atoms with Crippen molar-refractivity contribution in [2.24, 2.45) is 23.0 Å². The van der Waals surface area contributed by atoms with Gasteiger partial charge in [0.15, 0.2) is 0 Å². The van der Waals surface area contributed by atoms with Crippen molar-refractivity contribution in [1.82, 2.24) is 10.2 Å². The summed E-state index contributed by atoms with van der Waals surface area (Å²) in [5.74, 6) is -0.398. The van der Waals surface area contributed by atoms with Crippen molar-refractivity contribution in [3.63, 3.8) is 0 Å². The first kappa shape index (κ1) is 26.5. The number of allylic oxidation sites excluding steroid dienone is 2. The molecule has 2 aromatic carbocycles. The summed E-state index contributed by atoms with van der Waals surface area (Å²) >= 11 is 0. The third kappa shape index (κ3) is 6.41. The molecule has 1 fully saturated rings. The zero-order valence-corrected chi connectivity index (χ0v) is 22.3. The smallest absolute Gasteiger partial charge is 0.341 e. The van der Waals surface area contributed by atoms with Crippen LogP contribution in [-0.4, -0.2) is 37.8 Å². The van der Waals surface area contributed by atoms with Gasteiger partial charge in [0.05, 0.1) is 12.7 Å². The largest absolute Gasteiger partial charge is 0.465 e. The minimum absolute atomic E-state index is 0.0202. The number of hydrogen-bond acceptors (Lipinski definition) is 7. The molecule has 2 aliphatic rings. The molecular formula is C30H39N5O2. The van der Waals surface area contributed by atoms with Crippen LogP contribution in [-0.2, 0) is 29.0 Å². The maximum Gasteiger partial charge on any atom is 0.341 e. The third-order valence-electron chi connectivity index (χ3n) is 7.19. The summed E-state index contributed by atoms with van der Waals surface area (Å²) in [6, 6.07) is 17.1. The normalized spacial score (nSPS) is 21.7. The Balaban J connectivity index is 1.57. The molecule has 1 saturated carbocycles. The Kier molecular flexibility index (Phi) is 8.03. The van der Waals surface area contributed by atoms with Gasteiger partial charge in [-0.25, -0.2) is 4.79 Å². The molecule has 0 aromatic heterocycles. The van der Waals surface area contributed by atoms with Gasteiger partial charge in [0.1, 0.15) is 0 Å². The molecule has 1 heterocycles. The summed E-state index contributed by atoms with van der Waals surface area (Å²) < 4.78 is 4.97. The van der Waals surface area contributed by atoms with E-state index in [1.54, 1.807) is 6.20 Å². The van der Waals surface area contributed by atoms with Crippen molar-refractivity contribution < 1.29 is 9.53 Å². The fraction of sp³-hybridized carbons (Fsp3) is 0.400. The van der Waals surface area contributed by atoms with E-state index in [2.05, 4.69) is 65.8 Å². The number of nitrogens with one attached hydrogen (secondary N) is 3. The number of methoxy groups -OCH3 is 1. The van der Waals surface area contributed by atoms with Crippen molar-refractivity contribution in [1.29, 1.82) is 5.41 Å². The summed E-state index contributed by atoms with van der Waals surface area (Å²) in [5, 5.41) is 14.3. The van der Waals surface area contributed by atoms with E-state index in [0.29, 0.717) is 5.70 Å². The average Bonchev–Trinajstić information content (AvgIpc) is 3.66. The van der Waals surface area contributed by atoms with Crippen LogP contribution in [0.25, 0.3) is 0 Å². The van der Waals surface area contributed by atoms with E-state index in [1.165, 1.54) is 23.8 Å². The molecule has 7 heteroatoms. The third-order valence-corrected chi connectivity index (χ3v) is 7.19. The van der Waals surface area contributed by atoms with Gasteiger partial charge in [-0.05, 0) is 47.1 Å². The van der Waals surface area contributed by atoms with E-state index in [4.69, 9.17) is 15.9 Å². The molecule has 0 spiro atoms. The van der Waals surface area contributed by atoms with Gasteiger partial charge in [0.2, 0.25) is 0 Å². The number of carbonyl (C=O) groups is 1. The molecule has 2 aromatic rings. The monoisotopic (exact) mass is 501 g/mol. The van der Waals surface area contributed by atoms with Crippen LogP contribution in [0.4, 0.5) is 5.69 Å². The first-order valence-electron chi connectivity index (χ1n) is 12.9. The first-order chi connectivity index (χ1) is 17.7. The Morgan fingerprint density at radius 2 is 1.95 bits per heavy atom. The van der Waals surface area contributed by atoms with Gasteiger partial charge in [0.25, 0.3) is 0 Å². The van der Waals surface area contributed by atoms with Crippen LogP contribution >= 0.6 is 0 Å². The molecule has 0 bridgehead atoms. The number of nitrogens with zero attached hydrogens (tertiary/aromatic N) is 1. The van der Waals surface area contributed by atoms with Crippen LogP contribution in [0.5, 0.6) is 0 Å². The van der Waals surface area contributed by atoms with Gasteiger partial charge in [-0.3, -0.25) is 4.90 Å². The number of rotatable bonds is 9. The highest BCUT2D eigenvalue weighted by molar-refractivity contribution is 6.09. The van der Waals surface area contributed by atoms with Crippen LogP contribution < -0.4 is 16.4 Å². The summed E-state index contributed by atoms with van der Waals surface area (Å²) in [5.41, 5.74) is 13.0. The topological polar surface area (TPSA) is 103 Å². The lowest BCUT2D eigenvalue weighted by Gasteiger charge is -2.29. The van der Waals surface area contributed by atoms with E-state index in [0.717, 1.165) is 50.1 Å². The Hall–Kier alpha value is -3.58. The summed E-state index contributed by atoms with van der Waals surface area (Å²) in [6.07, 6.45) is 4.74. The zero-order chi connectivity index (χ0) is 26.6. The predicted molar refractivity (Wildman–Crippen MR) is 149 cm³/mol. The fourth-order valence-electron chi connectivity index (χ4n) is 5.50. The summed E-state index contributed by atoms with van der Waals surface area (Å²) in [6.45, 7) is 7.42. The molecule has 0 amide bonds. The molecule has 1 aliphatic heterocycles. The quantitative estimate of drug-likeness (QED) is 0.231. The van der Waals surface area contributed by atoms with Crippen molar-refractivity contribution in [3.05, 3.63) is 88.4 Å². The number of hydrogen-bond donors (Lipinski definition) is 4. The number of anilines is 1. The molecule has 2 atom stereocenters. The van der Waals surface area contributed by atoms with Crippen molar-refractivity contribution in [2.75, 3.05) is 26.0 Å². The van der Waals surface area contributed by atoms with Gasteiger partial charge in [-0.1, -0.05) is 50.2 Å². The lowest BCUT2D eigenvalue weighted by molar-refractivity contribution is -0.135. The number of fused-ring (bicyclic) bond motifs is 1. The minimum atomic E-state index is -0.527. The standard InChI is InChI=1S/C30H39N5O2/c1-30(2)14-21-9-5-6-10-22(21)18-35(19-30)17-20-8-7-11-23(12-20)34-28(26(15-31)29(36)37-4)25-13-24(25)27(32)16-33-3/h5-12,15-16,24-25,31,33-34H,13-14,17-19,32H2,1-4H3/b27-16-,28-26+,31-15?/t24?,25-/m1/s1. The molecule has 37 heavy (non-hydrogen) atoms. The highest BCUT2D eigenvalue weighted by Crippen LogP contribution is 2.48. The van der Waals surface area contributed by atoms with Gasteiger partial charge < -0.3 is 26.5 Å². The Bertz CT molecular complexity index is 1220. The second-order valence-corrected chi connectivity index (χ2v) is 10.9. The predicted octanol–water partition coefficient (Wildman–Crippen LogP) is 4.42. The van der Waals surface area contributed by atoms with E-state index < -0.39 is 5.97 Å². The molecule has 4 rings (SSSR count). The average molecular weight is 502 g/mol. The highest BCUT2D eigenvalue weighted by Gasteiger charge is 2.44. The van der Waals surface area contributed by atoms with Crippen molar-refractivity contribution >= 4 is 17.9 Å². The number of carbonyl (C=O) groups excluding carboxylic acids is 1. The molecule has 0 radical (unpaired) electrons. The lowest BCUT2D eigenvalue weighted by atomic mass is 9.85. The number of nitrogens with two attached hydrogens (primary N) is 1. The molecule has 0 saturated heterocycles. The second-order valence-electron chi connectivity index (χ2n) is 10.9. The highest BCUT2D eigenvalue weighted by atomic mass is 16.5. The first-order valence-corrected chi connectivity index (χ1v) is 12.9. The Labute approximate surface area is 220 Å². The van der Waals surface area contributed by atoms with E-state index in [9.17, 15) is 4.79 Å². The van der Waals surface area contributed by atoms with E-state index in [-0.39, 0.29) is 22.8 Å². The van der Waals surface area contributed by atoms with Gasteiger partial charge in [-0.15, -0.1) is 0 Å². The van der Waals surface area contributed by atoms with E-state index >= 15 is 0 Å². The fourth-order valence-corrected chi connectivity index (χ4v) is 5.50. The summed E-state index contributed by atoms with van der Waals surface area (Å²) in [7, 11) is 3.15. The summed E-state index contributed by atoms with van der Waals surface area (Å²) in [4.78, 5) is 15.0. The van der Waals surface area contributed by atoms with Crippen LogP contribution in [0.2, 0.25) is 0 Å². The number of esters is 1. The second kappa shape index (κ2) is 11.2. The van der Waals surface area contributed by atoms with Crippen LogP contribution in [0.1, 0.15) is 37.0 Å². The molecular weight excluding hydrogens is 462 g/mol. The van der Waals surface area contributed by atoms with Crippen molar-refractivity contribution in [2.45, 2.75) is 39.8 Å². The molecule has 196 valence electrons. The van der Waals surface area contributed by atoms with Crippen LogP contribution in [0.3, 0.4) is 0 Å². The maximum absolute atomic E-state index is 12.5. The molecule has 7 nitrogen and oxygen atoms in total.